The average molecular weight is 343 g/mol. The summed E-state index contributed by atoms with van der Waals surface area (Å²) in [5.41, 5.74) is 5.12. The Balaban J connectivity index is 1.68. The lowest BCUT2D eigenvalue weighted by molar-refractivity contribution is 0.103. The summed E-state index contributed by atoms with van der Waals surface area (Å²) in [7, 11) is 1.61. The van der Waals surface area contributed by atoms with E-state index in [0.717, 1.165) is 30.8 Å². The Labute approximate surface area is 153 Å². The van der Waals surface area contributed by atoms with Gasteiger partial charge in [-0.05, 0) is 41.8 Å². The highest BCUT2D eigenvalue weighted by Crippen LogP contribution is 2.29. The van der Waals surface area contributed by atoms with Gasteiger partial charge in [0.1, 0.15) is 5.75 Å². The zero-order valence-corrected chi connectivity index (χ0v) is 14.8. The number of ether oxygens (including phenoxy) is 1. The summed E-state index contributed by atoms with van der Waals surface area (Å²) in [6, 6.07) is 23.8. The summed E-state index contributed by atoms with van der Waals surface area (Å²) in [5, 5.41) is 0. The number of carbonyl (C=O) groups is 1. The van der Waals surface area contributed by atoms with Gasteiger partial charge in [0.15, 0.2) is 5.78 Å². The molecule has 3 aromatic rings. The van der Waals surface area contributed by atoms with E-state index in [9.17, 15) is 4.79 Å². The molecule has 3 aromatic carbocycles. The van der Waals surface area contributed by atoms with Crippen molar-refractivity contribution in [1.29, 1.82) is 0 Å². The van der Waals surface area contributed by atoms with Gasteiger partial charge in [-0.25, -0.2) is 0 Å². The Morgan fingerprint density at radius 1 is 0.923 bits per heavy atom. The van der Waals surface area contributed by atoms with Gasteiger partial charge in [-0.15, -0.1) is 0 Å². The van der Waals surface area contributed by atoms with E-state index in [1.807, 2.05) is 42.5 Å². The molecule has 26 heavy (non-hydrogen) atoms. The molecule has 0 spiro atoms. The SMILES string of the molecule is COc1cccc(C(=O)c2ccccc2N2CCc3ccccc3C2)c1. The second-order valence-electron chi connectivity index (χ2n) is 6.52. The van der Waals surface area contributed by atoms with Crippen molar-refractivity contribution >= 4 is 11.5 Å². The van der Waals surface area contributed by atoms with Gasteiger partial charge >= 0.3 is 0 Å². The number of hydrogen-bond donors (Lipinski definition) is 0. The van der Waals surface area contributed by atoms with Gasteiger partial charge in [0.2, 0.25) is 0 Å². The number of methoxy groups -OCH3 is 1. The fourth-order valence-electron chi connectivity index (χ4n) is 3.56. The van der Waals surface area contributed by atoms with E-state index in [1.54, 1.807) is 13.2 Å². The van der Waals surface area contributed by atoms with Crippen molar-refractivity contribution in [3.63, 3.8) is 0 Å². The van der Waals surface area contributed by atoms with E-state index < -0.39 is 0 Å². The second-order valence-corrected chi connectivity index (χ2v) is 6.52. The molecule has 4 rings (SSSR count). The number of fused-ring (bicyclic) bond motifs is 1. The Bertz CT molecular complexity index is 948. The van der Waals surface area contributed by atoms with Crippen molar-refractivity contribution in [3.8, 4) is 5.75 Å². The topological polar surface area (TPSA) is 29.5 Å². The van der Waals surface area contributed by atoms with Crippen LogP contribution in [0.5, 0.6) is 5.75 Å². The average Bonchev–Trinajstić information content (AvgIpc) is 2.73. The molecule has 0 saturated heterocycles. The summed E-state index contributed by atoms with van der Waals surface area (Å²) in [6.45, 7) is 1.75. The van der Waals surface area contributed by atoms with E-state index in [2.05, 4.69) is 29.2 Å². The molecule has 0 bridgehead atoms. The van der Waals surface area contributed by atoms with Gasteiger partial charge in [0, 0.05) is 29.9 Å². The Morgan fingerprint density at radius 2 is 1.69 bits per heavy atom. The molecule has 0 amide bonds. The molecule has 130 valence electrons. The highest BCUT2D eigenvalue weighted by atomic mass is 16.5. The number of benzene rings is 3. The lowest BCUT2D eigenvalue weighted by Gasteiger charge is -2.32. The first-order valence-electron chi connectivity index (χ1n) is 8.86. The summed E-state index contributed by atoms with van der Waals surface area (Å²) in [6.07, 6.45) is 0.998. The molecule has 1 aliphatic heterocycles. The van der Waals surface area contributed by atoms with Crippen LogP contribution >= 0.6 is 0 Å². The van der Waals surface area contributed by atoms with Crippen LogP contribution in [0.1, 0.15) is 27.0 Å². The van der Waals surface area contributed by atoms with Crippen molar-refractivity contribution in [2.75, 3.05) is 18.6 Å². The third kappa shape index (κ3) is 3.08. The summed E-state index contributed by atoms with van der Waals surface area (Å²) < 4.78 is 5.26. The van der Waals surface area contributed by atoms with Crippen LogP contribution in [0.3, 0.4) is 0 Å². The minimum absolute atomic E-state index is 0.0263. The van der Waals surface area contributed by atoms with E-state index in [0.29, 0.717) is 11.3 Å². The first-order valence-corrected chi connectivity index (χ1v) is 8.86. The first-order chi connectivity index (χ1) is 12.8. The fraction of sp³-hybridized carbons (Fsp3) is 0.174. The van der Waals surface area contributed by atoms with Crippen LogP contribution in [0.2, 0.25) is 0 Å². The molecule has 0 aromatic heterocycles. The van der Waals surface area contributed by atoms with Gasteiger partial charge in [0.05, 0.1) is 7.11 Å². The number of hydrogen-bond acceptors (Lipinski definition) is 3. The van der Waals surface area contributed by atoms with E-state index in [1.165, 1.54) is 11.1 Å². The molecule has 1 aliphatic rings. The van der Waals surface area contributed by atoms with E-state index >= 15 is 0 Å². The number of anilines is 1. The largest absolute Gasteiger partial charge is 0.497 e. The molecular formula is C23H21NO2. The van der Waals surface area contributed by atoms with Crippen LogP contribution in [0, 0.1) is 0 Å². The predicted molar refractivity (Wildman–Crippen MR) is 104 cm³/mol. The number of carbonyl (C=O) groups excluding carboxylic acids is 1. The molecule has 3 heteroatoms. The summed E-state index contributed by atoms with van der Waals surface area (Å²) in [4.78, 5) is 15.4. The first kappa shape index (κ1) is 16.4. The van der Waals surface area contributed by atoms with E-state index in [-0.39, 0.29) is 5.78 Å². The third-order valence-corrected chi connectivity index (χ3v) is 4.95. The standard InChI is InChI=1S/C23H21NO2/c1-26-20-10-6-9-18(15-20)23(25)21-11-4-5-12-22(21)24-14-13-17-7-2-3-8-19(17)16-24/h2-12,15H,13-14,16H2,1H3. The van der Waals surface area contributed by atoms with Crippen LogP contribution < -0.4 is 9.64 Å². The monoisotopic (exact) mass is 343 g/mol. The lowest BCUT2D eigenvalue weighted by Crippen LogP contribution is -2.31. The zero-order chi connectivity index (χ0) is 17.9. The van der Waals surface area contributed by atoms with Gasteiger partial charge in [-0.1, -0.05) is 48.5 Å². The maximum absolute atomic E-state index is 13.1. The van der Waals surface area contributed by atoms with E-state index in [4.69, 9.17) is 4.74 Å². The molecule has 0 radical (unpaired) electrons. The smallest absolute Gasteiger partial charge is 0.195 e. The maximum Gasteiger partial charge on any atom is 0.195 e. The zero-order valence-electron chi connectivity index (χ0n) is 14.8. The van der Waals surface area contributed by atoms with Crippen molar-refractivity contribution < 1.29 is 9.53 Å². The van der Waals surface area contributed by atoms with Crippen LogP contribution in [-0.4, -0.2) is 19.4 Å². The van der Waals surface area contributed by atoms with Gasteiger partial charge in [-0.3, -0.25) is 4.79 Å². The Morgan fingerprint density at radius 3 is 2.54 bits per heavy atom. The number of ketones is 1. The predicted octanol–water partition coefficient (Wildman–Crippen LogP) is 4.49. The second kappa shape index (κ2) is 7.04. The van der Waals surface area contributed by atoms with Gasteiger partial charge < -0.3 is 9.64 Å². The van der Waals surface area contributed by atoms with Gasteiger partial charge in [-0.2, -0.15) is 0 Å². The number of nitrogens with zero attached hydrogens (tertiary/aromatic N) is 1. The maximum atomic E-state index is 13.1. The van der Waals surface area contributed by atoms with Crippen LogP contribution in [-0.2, 0) is 13.0 Å². The molecule has 0 N–H and O–H groups in total. The molecule has 0 unspecified atom stereocenters. The normalized spacial score (nSPS) is 13.2. The Kier molecular flexibility index (Phi) is 4.44. The molecule has 3 nitrogen and oxygen atoms in total. The number of para-hydroxylation sites is 1. The highest BCUT2D eigenvalue weighted by molar-refractivity contribution is 6.12. The lowest BCUT2D eigenvalue weighted by atomic mass is 9.96. The summed E-state index contributed by atoms with van der Waals surface area (Å²) in [5.74, 6) is 0.721. The molecule has 0 saturated carbocycles. The number of rotatable bonds is 4. The fourth-order valence-corrected chi connectivity index (χ4v) is 3.56. The van der Waals surface area contributed by atoms with Gasteiger partial charge in [0.25, 0.3) is 0 Å². The van der Waals surface area contributed by atoms with Crippen molar-refractivity contribution in [1.82, 2.24) is 0 Å². The minimum atomic E-state index is 0.0263. The molecule has 0 atom stereocenters. The van der Waals surface area contributed by atoms with Crippen molar-refractivity contribution in [3.05, 3.63) is 95.1 Å². The molecule has 0 fully saturated rings. The van der Waals surface area contributed by atoms with Crippen LogP contribution in [0.25, 0.3) is 0 Å². The highest BCUT2D eigenvalue weighted by Gasteiger charge is 2.21. The molecule has 0 aliphatic carbocycles. The third-order valence-electron chi connectivity index (χ3n) is 4.95. The Hall–Kier alpha value is -3.07. The molecule has 1 heterocycles. The minimum Gasteiger partial charge on any atom is -0.497 e. The quantitative estimate of drug-likeness (QED) is 0.654. The van der Waals surface area contributed by atoms with Crippen LogP contribution in [0.4, 0.5) is 5.69 Å². The molecular weight excluding hydrogens is 322 g/mol. The van der Waals surface area contributed by atoms with Crippen molar-refractivity contribution in [2.45, 2.75) is 13.0 Å². The van der Waals surface area contributed by atoms with Crippen molar-refractivity contribution in [2.24, 2.45) is 0 Å². The summed E-state index contributed by atoms with van der Waals surface area (Å²) >= 11 is 0. The van der Waals surface area contributed by atoms with Crippen LogP contribution in [0.15, 0.2) is 72.8 Å².